The molecule has 296 valence electrons. The number of benzene rings is 1. The van der Waals surface area contributed by atoms with Crippen LogP contribution in [0.1, 0.15) is 88.0 Å². The maximum absolute atomic E-state index is 14.8. The predicted octanol–water partition coefficient (Wildman–Crippen LogP) is 4.10. The van der Waals surface area contributed by atoms with Gasteiger partial charge < -0.3 is 19.7 Å². The van der Waals surface area contributed by atoms with E-state index in [1.807, 2.05) is 32.9 Å². The van der Waals surface area contributed by atoms with Gasteiger partial charge in [-0.15, -0.1) is 0 Å². The summed E-state index contributed by atoms with van der Waals surface area (Å²) in [4.78, 5) is 80.6. The van der Waals surface area contributed by atoms with Gasteiger partial charge in [-0.25, -0.2) is 14.0 Å². The van der Waals surface area contributed by atoms with Crippen molar-refractivity contribution >= 4 is 29.3 Å². The molecule has 1 heterocycles. The molecule has 9 atom stereocenters. The van der Waals surface area contributed by atoms with E-state index >= 15 is 0 Å². The second-order valence-electron chi connectivity index (χ2n) is 18.0. The van der Waals surface area contributed by atoms with Crippen LogP contribution in [-0.2, 0) is 40.0 Å². The van der Waals surface area contributed by atoms with Crippen LogP contribution in [0.5, 0.6) is 0 Å². The summed E-state index contributed by atoms with van der Waals surface area (Å²) >= 11 is 0. The smallest absolute Gasteiger partial charge is 0.350 e. The van der Waals surface area contributed by atoms with Crippen LogP contribution in [0.15, 0.2) is 65.3 Å². The lowest BCUT2D eigenvalue weighted by molar-refractivity contribution is -0.185. The molecule has 55 heavy (non-hydrogen) atoms. The number of aromatic nitrogens is 3. The highest BCUT2D eigenvalue weighted by molar-refractivity contribution is 5.98. The molecule has 0 spiro atoms. The normalized spacial score (nSPS) is 33.9. The summed E-state index contributed by atoms with van der Waals surface area (Å²) in [7, 11) is 0. The molecular formula is C42H53N3O10. The summed E-state index contributed by atoms with van der Waals surface area (Å²) < 4.78 is 13.4. The first kappa shape index (κ1) is 40.2. The van der Waals surface area contributed by atoms with Crippen LogP contribution in [-0.4, -0.2) is 77.3 Å². The standard InChI is InChI=1S/C42H53N3O10/c1-24(46)55-37(2,3)18-17-31(48)42(9,53)34-28(47)20-39(6)30-16-15-26-27(41(30,8)32(49)21-40(34,39)7)19-29(35(51)38(26,4)5)54-33(50)22-45-36(52)44(23-43-45)25-13-11-10-12-14-25/h10-15,17-18,23,27-30,34,47,53H,16,19-22H2,1-9H3/b18-17+/t27-,28-,29+,30+,34+,39+,40-,41+,42+/m1/s1. The number of nitrogens with zero attached hydrogens (tertiary/aromatic N) is 3. The quantitative estimate of drug-likeness (QED) is 0.213. The minimum atomic E-state index is -2.07. The van der Waals surface area contributed by atoms with Crippen molar-refractivity contribution in [1.82, 2.24) is 14.3 Å². The zero-order valence-electron chi connectivity index (χ0n) is 33.1. The van der Waals surface area contributed by atoms with Gasteiger partial charge in [0.25, 0.3) is 0 Å². The van der Waals surface area contributed by atoms with E-state index < -0.39 is 86.9 Å². The van der Waals surface area contributed by atoms with Crippen molar-refractivity contribution in [3.05, 3.63) is 70.9 Å². The molecule has 0 radical (unpaired) electrons. The van der Waals surface area contributed by atoms with Crippen molar-refractivity contribution in [2.75, 3.05) is 0 Å². The van der Waals surface area contributed by atoms with E-state index in [4.69, 9.17) is 9.47 Å². The average molecular weight is 760 g/mol. The van der Waals surface area contributed by atoms with Crippen LogP contribution in [0.3, 0.4) is 0 Å². The minimum absolute atomic E-state index is 0.0418. The maximum Gasteiger partial charge on any atom is 0.350 e. The van der Waals surface area contributed by atoms with Crippen molar-refractivity contribution in [3.63, 3.8) is 0 Å². The predicted molar refractivity (Wildman–Crippen MR) is 199 cm³/mol. The Bertz CT molecular complexity index is 2060. The van der Waals surface area contributed by atoms with Gasteiger partial charge in [0.05, 0.1) is 11.8 Å². The van der Waals surface area contributed by atoms with Crippen LogP contribution in [0.2, 0.25) is 0 Å². The van der Waals surface area contributed by atoms with Crippen LogP contribution >= 0.6 is 0 Å². The Labute approximate surface area is 320 Å². The Morgan fingerprint density at radius 3 is 2.31 bits per heavy atom. The first-order valence-electron chi connectivity index (χ1n) is 18.9. The Balaban J connectivity index is 1.28. The highest BCUT2D eigenvalue weighted by atomic mass is 16.6. The second-order valence-corrected chi connectivity index (χ2v) is 18.0. The Morgan fingerprint density at radius 1 is 1.02 bits per heavy atom. The number of ether oxygens (including phenoxy) is 2. The molecule has 0 unspecified atom stereocenters. The molecule has 4 aliphatic rings. The van der Waals surface area contributed by atoms with Crippen molar-refractivity contribution in [2.45, 2.75) is 118 Å². The van der Waals surface area contributed by atoms with Crippen LogP contribution in [0.4, 0.5) is 0 Å². The molecule has 3 saturated carbocycles. The van der Waals surface area contributed by atoms with E-state index in [0.717, 1.165) is 10.3 Å². The van der Waals surface area contributed by atoms with Crippen molar-refractivity contribution in [1.29, 1.82) is 0 Å². The van der Waals surface area contributed by atoms with Crippen LogP contribution in [0, 0.1) is 39.4 Å². The lowest BCUT2D eigenvalue weighted by Gasteiger charge is -2.64. The molecule has 0 aliphatic heterocycles. The molecule has 3 fully saturated rings. The summed E-state index contributed by atoms with van der Waals surface area (Å²) in [5.41, 5.74) is -6.23. The van der Waals surface area contributed by atoms with E-state index in [1.54, 1.807) is 52.0 Å². The van der Waals surface area contributed by atoms with Crippen LogP contribution in [0.25, 0.3) is 5.69 Å². The highest BCUT2D eigenvalue weighted by Gasteiger charge is 2.74. The number of carbonyl (C=O) groups excluding carboxylic acids is 5. The first-order chi connectivity index (χ1) is 25.4. The number of hydrogen-bond donors (Lipinski definition) is 2. The number of fused-ring (bicyclic) bond motifs is 5. The molecule has 2 aromatic rings. The summed E-state index contributed by atoms with van der Waals surface area (Å²) in [6.07, 6.45) is 4.25. The number of ketones is 3. The Morgan fingerprint density at radius 2 is 1.67 bits per heavy atom. The van der Waals surface area contributed by atoms with Gasteiger partial charge in [-0.05, 0) is 101 Å². The van der Waals surface area contributed by atoms with Crippen molar-refractivity contribution < 1.29 is 43.7 Å². The number of aliphatic hydroxyl groups excluding tert-OH is 1. The van der Waals surface area contributed by atoms with Crippen LogP contribution < -0.4 is 5.69 Å². The van der Waals surface area contributed by atoms with E-state index in [9.17, 15) is 39.0 Å². The SMILES string of the molecule is CC(=O)OC(C)(C)/C=C/C(=O)[C@](C)(O)[C@H]1[C@H](O)C[C@@]2(C)[C@@H]3CC=C4[C@@H](C[C@H](OC(=O)Cn5ncn(-c6ccccc6)c5=O)C(=O)C4(C)C)[C@]3(C)C(=O)C[C@]12C. The fourth-order valence-electron chi connectivity index (χ4n) is 11.0. The fourth-order valence-corrected chi connectivity index (χ4v) is 11.0. The number of aliphatic hydroxyl groups is 2. The lowest BCUT2D eigenvalue weighted by Crippen LogP contribution is -2.65. The van der Waals surface area contributed by atoms with Gasteiger partial charge >= 0.3 is 17.6 Å². The van der Waals surface area contributed by atoms with E-state index in [2.05, 4.69) is 5.10 Å². The molecule has 2 N–H and O–H groups in total. The minimum Gasteiger partial charge on any atom is -0.456 e. The number of esters is 2. The second kappa shape index (κ2) is 13.3. The zero-order chi connectivity index (χ0) is 40.7. The third-order valence-corrected chi connectivity index (χ3v) is 13.9. The molecule has 6 rings (SSSR count). The number of para-hydroxylation sites is 1. The van der Waals surface area contributed by atoms with Gasteiger partial charge in [-0.2, -0.15) is 5.10 Å². The van der Waals surface area contributed by atoms with Gasteiger partial charge in [0.2, 0.25) is 0 Å². The summed E-state index contributed by atoms with van der Waals surface area (Å²) in [6, 6.07) is 8.82. The summed E-state index contributed by atoms with van der Waals surface area (Å²) in [6.45, 7) is 14.7. The Kier molecular flexibility index (Phi) is 9.73. The zero-order valence-corrected chi connectivity index (χ0v) is 33.1. The van der Waals surface area contributed by atoms with E-state index in [-0.39, 0.29) is 36.7 Å². The summed E-state index contributed by atoms with van der Waals surface area (Å²) in [5, 5.41) is 27.8. The molecule has 0 saturated heterocycles. The molecule has 1 aromatic carbocycles. The van der Waals surface area contributed by atoms with Gasteiger partial charge in [-0.1, -0.05) is 50.6 Å². The maximum atomic E-state index is 14.8. The van der Waals surface area contributed by atoms with E-state index in [1.165, 1.54) is 36.9 Å². The molecule has 1 aromatic heterocycles. The Hall–Kier alpha value is -4.49. The lowest BCUT2D eigenvalue weighted by atomic mass is 9.38. The van der Waals surface area contributed by atoms with Crippen molar-refractivity contribution in [3.8, 4) is 5.69 Å². The summed E-state index contributed by atoms with van der Waals surface area (Å²) in [5.74, 6) is -4.30. The molecule has 4 aliphatic carbocycles. The third kappa shape index (κ3) is 6.27. The van der Waals surface area contributed by atoms with Gasteiger partial charge in [0.15, 0.2) is 17.7 Å². The van der Waals surface area contributed by atoms with E-state index in [0.29, 0.717) is 12.1 Å². The van der Waals surface area contributed by atoms with Crippen molar-refractivity contribution in [2.24, 2.45) is 39.4 Å². The highest BCUT2D eigenvalue weighted by Crippen LogP contribution is 2.74. The van der Waals surface area contributed by atoms with Gasteiger partial charge in [-0.3, -0.25) is 24.0 Å². The molecule has 0 bridgehead atoms. The number of carbonyl (C=O) groups is 5. The molecule has 13 nitrogen and oxygen atoms in total. The first-order valence-corrected chi connectivity index (χ1v) is 18.9. The largest absolute Gasteiger partial charge is 0.456 e. The number of rotatable bonds is 9. The molecule has 13 heteroatoms. The average Bonchev–Trinajstić information content (AvgIpc) is 3.54. The number of Topliss-reactive ketones (excluding diaryl/α,β-unsaturated/α-hetero) is 2. The topological polar surface area (TPSA) is 184 Å². The van der Waals surface area contributed by atoms with Gasteiger partial charge in [0, 0.05) is 30.1 Å². The fraction of sp³-hybridized carbons (Fsp3) is 0.595. The molecule has 0 amide bonds. The number of allylic oxidation sites excluding steroid dienone is 2. The number of hydrogen-bond acceptors (Lipinski definition) is 11. The van der Waals surface area contributed by atoms with Gasteiger partial charge in [0.1, 0.15) is 29.9 Å². The monoisotopic (exact) mass is 759 g/mol. The third-order valence-electron chi connectivity index (χ3n) is 13.9. The molecular weight excluding hydrogens is 706 g/mol.